The summed E-state index contributed by atoms with van der Waals surface area (Å²) >= 11 is 0. The number of aryl methyl sites for hydroxylation is 1. The van der Waals surface area contributed by atoms with Gasteiger partial charge in [-0.05, 0) is 20.3 Å². The average Bonchev–Trinajstić information content (AvgIpc) is 2.56. The minimum absolute atomic E-state index is 0.142. The van der Waals surface area contributed by atoms with Gasteiger partial charge in [-0.3, -0.25) is 9.48 Å². The molecule has 0 aliphatic carbocycles. The Labute approximate surface area is 108 Å². The van der Waals surface area contributed by atoms with Crippen molar-refractivity contribution in [2.24, 2.45) is 0 Å². The van der Waals surface area contributed by atoms with Crippen molar-refractivity contribution < 1.29 is 4.79 Å². The highest BCUT2D eigenvalue weighted by molar-refractivity contribution is 5.76. The average molecular weight is 248 g/mol. The molecule has 0 fully saturated rings. The predicted molar refractivity (Wildman–Crippen MR) is 71.8 cm³/mol. The van der Waals surface area contributed by atoms with Gasteiger partial charge in [-0.2, -0.15) is 5.10 Å². The summed E-state index contributed by atoms with van der Waals surface area (Å²) in [5.41, 5.74) is 7.98. The van der Waals surface area contributed by atoms with Crippen LogP contribution in [0, 0.1) is 26.2 Å². The van der Waals surface area contributed by atoms with Gasteiger partial charge in [-0.1, -0.05) is 19.3 Å². The highest BCUT2D eigenvalue weighted by Gasteiger charge is 2.13. The number of nitrogens with zero attached hydrogens (tertiary/aromatic N) is 2. The van der Waals surface area contributed by atoms with Crippen LogP contribution in [0.5, 0.6) is 0 Å². The molecule has 1 aromatic heterocycles. The minimum Gasteiger partial charge on any atom is -0.396 e. The van der Waals surface area contributed by atoms with Crippen LogP contribution >= 0.6 is 0 Å². The first-order valence-corrected chi connectivity index (χ1v) is 6.04. The van der Waals surface area contributed by atoms with Gasteiger partial charge in [-0.15, -0.1) is 6.42 Å². The molecule has 98 valence electrons. The van der Waals surface area contributed by atoms with Crippen LogP contribution in [0.2, 0.25) is 0 Å². The van der Waals surface area contributed by atoms with Gasteiger partial charge < -0.3 is 11.1 Å². The molecule has 0 bridgehead atoms. The van der Waals surface area contributed by atoms with Crippen molar-refractivity contribution in [3.05, 3.63) is 11.4 Å². The molecule has 3 N–H and O–H groups in total. The maximum absolute atomic E-state index is 11.8. The van der Waals surface area contributed by atoms with E-state index in [4.69, 9.17) is 12.2 Å². The van der Waals surface area contributed by atoms with E-state index < -0.39 is 0 Å². The molecule has 18 heavy (non-hydrogen) atoms. The van der Waals surface area contributed by atoms with Gasteiger partial charge in [-0.25, -0.2) is 0 Å². The molecule has 1 heterocycles. The second kappa shape index (κ2) is 6.10. The van der Waals surface area contributed by atoms with Gasteiger partial charge in [0.25, 0.3) is 0 Å². The summed E-state index contributed by atoms with van der Waals surface area (Å²) in [6, 6.07) is -0.211. The minimum atomic E-state index is -0.211. The normalized spacial score (nSPS) is 11.9. The summed E-state index contributed by atoms with van der Waals surface area (Å²) < 4.78 is 1.60. The smallest absolute Gasteiger partial charge is 0.242 e. The molecule has 1 rings (SSSR count). The van der Waals surface area contributed by atoms with Crippen LogP contribution in [0.15, 0.2) is 0 Å². The first kappa shape index (κ1) is 14.1. The zero-order chi connectivity index (χ0) is 13.7. The quantitative estimate of drug-likeness (QED) is 0.763. The number of nitrogens with one attached hydrogen (secondary N) is 1. The second-order valence-electron chi connectivity index (χ2n) is 4.32. The van der Waals surface area contributed by atoms with E-state index in [1.54, 1.807) is 4.68 Å². The number of nitrogen functional groups attached to an aromatic ring is 1. The summed E-state index contributed by atoms with van der Waals surface area (Å²) in [5.74, 6) is 2.42. The Hall–Kier alpha value is -1.96. The number of aromatic nitrogens is 2. The molecular formula is C13H20N4O. The summed E-state index contributed by atoms with van der Waals surface area (Å²) in [6.45, 7) is 5.83. The maximum atomic E-state index is 11.8. The van der Waals surface area contributed by atoms with Crippen LogP contribution in [0.25, 0.3) is 0 Å². The topological polar surface area (TPSA) is 72.9 Å². The lowest BCUT2D eigenvalue weighted by molar-refractivity contribution is -0.122. The number of hydrogen-bond donors (Lipinski definition) is 2. The fraction of sp³-hybridized carbons (Fsp3) is 0.538. The Kier molecular flexibility index (Phi) is 4.78. The lowest BCUT2D eigenvalue weighted by Gasteiger charge is -2.12. The molecule has 0 saturated heterocycles. The number of nitrogens with two attached hydrogens (primary N) is 1. The molecule has 5 heteroatoms. The highest BCUT2D eigenvalue weighted by atomic mass is 16.2. The fourth-order valence-corrected chi connectivity index (χ4v) is 1.73. The number of carbonyl (C=O) groups excluding carboxylic acids is 1. The van der Waals surface area contributed by atoms with E-state index in [0.29, 0.717) is 5.69 Å². The van der Waals surface area contributed by atoms with E-state index in [1.807, 2.05) is 20.8 Å². The van der Waals surface area contributed by atoms with E-state index in [1.165, 1.54) is 0 Å². The van der Waals surface area contributed by atoms with Crippen LogP contribution in [0.1, 0.15) is 31.2 Å². The molecule has 0 aliphatic rings. The van der Waals surface area contributed by atoms with Gasteiger partial charge in [0.05, 0.1) is 23.1 Å². The number of anilines is 1. The zero-order valence-electron chi connectivity index (χ0n) is 11.2. The number of hydrogen-bond acceptors (Lipinski definition) is 3. The summed E-state index contributed by atoms with van der Waals surface area (Å²) in [4.78, 5) is 11.8. The van der Waals surface area contributed by atoms with E-state index in [0.717, 1.165) is 24.2 Å². The molecular weight excluding hydrogens is 228 g/mol. The van der Waals surface area contributed by atoms with Crippen molar-refractivity contribution >= 4 is 11.6 Å². The monoisotopic (exact) mass is 248 g/mol. The summed E-state index contributed by atoms with van der Waals surface area (Å²) in [5, 5.41) is 7.00. The van der Waals surface area contributed by atoms with Crippen LogP contribution in [0.3, 0.4) is 0 Å². The highest BCUT2D eigenvalue weighted by Crippen LogP contribution is 2.14. The molecule has 0 aliphatic heterocycles. The number of rotatable bonds is 5. The lowest BCUT2D eigenvalue weighted by Crippen LogP contribution is -2.36. The van der Waals surface area contributed by atoms with Gasteiger partial charge in [0.2, 0.25) is 5.91 Å². The third-order valence-corrected chi connectivity index (χ3v) is 2.84. The molecule has 0 spiro atoms. The lowest BCUT2D eigenvalue weighted by atomic mass is 10.2. The maximum Gasteiger partial charge on any atom is 0.242 e. The van der Waals surface area contributed by atoms with E-state index in [2.05, 4.69) is 16.3 Å². The Morgan fingerprint density at radius 3 is 2.72 bits per heavy atom. The van der Waals surface area contributed by atoms with Crippen molar-refractivity contribution in [1.82, 2.24) is 15.1 Å². The van der Waals surface area contributed by atoms with Gasteiger partial charge in [0.1, 0.15) is 6.54 Å². The SMILES string of the molecule is C#CC(CCC)NC(=O)Cn1nc(C)c(N)c1C. The molecule has 0 saturated carbocycles. The van der Waals surface area contributed by atoms with Crippen molar-refractivity contribution in [3.8, 4) is 12.3 Å². The zero-order valence-corrected chi connectivity index (χ0v) is 11.2. The molecule has 5 nitrogen and oxygen atoms in total. The first-order chi connectivity index (χ1) is 8.49. The number of amides is 1. The Morgan fingerprint density at radius 1 is 1.61 bits per heavy atom. The molecule has 0 radical (unpaired) electrons. The van der Waals surface area contributed by atoms with Crippen molar-refractivity contribution in [2.45, 2.75) is 46.2 Å². The van der Waals surface area contributed by atoms with Crippen LogP contribution < -0.4 is 11.1 Å². The van der Waals surface area contributed by atoms with Gasteiger partial charge >= 0.3 is 0 Å². The second-order valence-corrected chi connectivity index (χ2v) is 4.32. The van der Waals surface area contributed by atoms with E-state index in [-0.39, 0.29) is 18.5 Å². The molecule has 1 atom stereocenters. The van der Waals surface area contributed by atoms with E-state index >= 15 is 0 Å². The summed E-state index contributed by atoms with van der Waals surface area (Å²) in [7, 11) is 0. The number of carbonyl (C=O) groups is 1. The molecule has 1 amide bonds. The molecule has 0 aromatic carbocycles. The molecule has 1 aromatic rings. The fourth-order valence-electron chi connectivity index (χ4n) is 1.73. The Morgan fingerprint density at radius 2 is 2.28 bits per heavy atom. The van der Waals surface area contributed by atoms with Crippen molar-refractivity contribution in [2.75, 3.05) is 5.73 Å². The third kappa shape index (κ3) is 3.27. The standard InChI is InChI=1S/C13H20N4O/c1-5-7-11(6-2)15-12(18)8-17-10(4)13(14)9(3)16-17/h2,11H,5,7-8,14H2,1,3-4H3,(H,15,18). The summed E-state index contributed by atoms with van der Waals surface area (Å²) in [6.07, 6.45) is 7.06. The van der Waals surface area contributed by atoms with E-state index in [9.17, 15) is 4.79 Å². The Balaban J connectivity index is 2.65. The third-order valence-electron chi connectivity index (χ3n) is 2.84. The number of terminal acetylenes is 1. The molecule has 1 unspecified atom stereocenters. The Bertz CT molecular complexity index is 470. The van der Waals surface area contributed by atoms with Crippen LogP contribution in [-0.4, -0.2) is 21.7 Å². The van der Waals surface area contributed by atoms with Crippen LogP contribution in [-0.2, 0) is 11.3 Å². The van der Waals surface area contributed by atoms with Crippen molar-refractivity contribution in [1.29, 1.82) is 0 Å². The van der Waals surface area contributed by atoms with Crippen molar-refractivity contribution in [3.63, 3.8) is 0 Å². The van der Waals surface area contributed by atoms with Gasteiger partial charge in [0, 0.05) is 0 Å². The van der Waals surface area contributed by atoms with Gasteiger partial charge in [0.15, 0.2) is 0 Å². The van der Waals surface area contributed by atoms with Crippen LogP contribution in [0.4, 0.5) is 5.69 Å². The largest absolute Gasteiger partial charge is 0.396 e. The predicted octanol–water partition coefficient (Wildman–Crippen LogP) is 1.00. The first-order valence-electron chi connectivity index (χ1n) is 6.04.